The Morgan fingerprint density at radius 1 is 1.44 bits per heavy atom. The highest BCUT2D eigenvalue weighted by Gasteiger charge is 2.18. The number of hydrogen-bond acceptors (Lipinski definition) is 5. The molecule has 0 N–H and O–H groups in total. The van der Waals surface area contributed by atoms with Crippen LogP contribution in [0.25, 0.3) is 0 Å². The summed E-state index contributed by atoms with van der Waals surface area (Å²) in [6.45, 7) is 1.54. The summed E-state index contributed by atoms with van der Waals surface area (Å²) >= 11 is 5.62. The molecular formula is C8H8ClNO5S. The van der Waals surface area contributed by atoms with Crippen molar-refractivity contribution in [2.75, 3.05) is 6.26 Å². The molecule has 8 heteroatoms. The third kappa shape index (κ3) is 3.07. The van der Waals surface area contributed by atoms with Gasteiger partial charge in [0, 0.05) is 0 Å². The monoisotopic (exact) mass is 265 g/mol. The Morgan fingerprint density at radius 3 is 2.44 bits per heavy atom. The summed E-state index contributed by atoms with van der Waals surface area (Å²) in [6.07, 6.45) is 0.854. The molecule has 1 rings (SSSR count). The Labute approximate surface area is 97.1 Å². The molecule has 16 heavy (non-hydrogen) atoms. The number of hydrogen-bond donors (Lipinski definition) is 0. The van der Waals surface area contributed by atoms with Gasteiger partial charge in [-0.15, -0.1) is 0 Å². The molecular weight excluding hydrogens is 258 g/mol. The molecule has 0 radical (unpaired) electrons. The van der Waals surface area contributed by atoms with Gasteiger partial charge in [0.05, 0.1) is 17.2 Å². The number of rotatable bonds is 3. The van der Waals surface area contributed by atoms with Gasteiger partial charge in [0.2, 0.25) is 0 Å². The minimum atomic E-state index is -3.72. The topological polar surface area (TPSA) is 86.5 Å². The maximum Gasteiger partial charge on any atom is 0.306 e. The van der Waals surface area contributed by atoms with E-state index in [-0.39, 0.29) is 10.8 Å². The largest absolute Gasteiger partial charge is 0.382 e. The van der Waals surface area contributed by atoms with E-state index in [9.17, 15) is 18.5 Å². The first-order valence-corrected chi connectivity index (χ1v) is 6.24. The van der Waals surface area contributed by atoms with Gasteiger partial charge in [0.1, 0.15) is 5.02 Å². The van der Waals surface area contributed by atoms with E-state index >= 15 is 0 Å². The second-order valence-corrected chi connectivity index (χ2v) is 5.10. The predicted octanol–water partition coefficient (Wildman–Crippen LogP) is 1.90. The van der Waals surface area contributed by atoms with Crippen LogP contribution in [0.4, 0.5) is 5.69 Å². The molecule has 0 amide bonds. The van der Waals surface area contributed by atoms with E-state index in [0.29, 0.717) is 5.56 Å². The van der Waals surface area contributed by atoms with Gasteiger partial charge in [-0.1, -0.05) is 11.6 Å². The van der Waals surface area contributed by atoms with Crippen molar-refractivity contribution in [3.05, 3.63) is 32.8 Å². The number of nitro groups is 1. The fraction of sp³-hybridized carbons (Fsp3) is 0.250. The van der Waals surface area contributed by atoms with Crippen molar-refractivity contribution in [1.29, 1.82) is 0 Å². The molecule has 1 aromatic carbocycles. The molecule has 0 saturated carbocycles. The summed E-state index contributed by atoms with van der Waals surface area (Å²) in [5, 5.41) is 10.5. The molecule has 0 saturated heterocycles. The second-order valence-electron chi connectivity index (χ2n) is 3.11. The zero-order valence-electron chi connectivity index (χ0n) is 8.43. The normalized spacial score (nSPS) is 11.2. The maximum atomic E-state index is 10.9. The molecule has 0 aliphatic carbocycles. The predicted molar refractivity (Wildman–Crippen MR) is 58.3 cm³/mol. The minimum Gasteiger partial charge on any atom is -0.382 e. The van der Waals surface area contributed by atoms with Crippen LogP contribution in [0.3, 0.4) is 0 Å². The van der Waals surface area contributed by atoms with E-state index in [4.69, 9.17) is 11.6 Å². The molecule has 0 aliphatic heterocycles. The lowest BCUT2D eigenvalue weighted by atomic mass is 10.2. The highest BCUT2D eigenvalue weighted by atomic mass is 35.5. The standard InChI is InChI=1S/C8H8ClNO5S/c1-5-3-6(9)7(10(11)12)4-8(5)15-16(2,13)14/h3-4H,1-2H3. The van der Waals surface area contributed by atoms with Crippen LogP contribution in [-0.4, -0.2) is 19.6 Å². The third-order valence-electron chi connectivity index (χ3n) is 1.68. The highest BCUT2D eigenvalue weighted by Crippen LogP contribution is 2.32. The van der Waals surface area contributed by atoms with Gasteiger partial charge in [-0.3, -0.25) is 10.1 Å². The van der Waals surface area contributed by atoms with Crippen molar-refractivity contribution >= 4 is 27.4 Å². The summed E-state index contributed by atoms with van der Waals surface area (Å²) in [5.41, 5.74) is 0.00643. The molecule has 1 aromatic rings. The van der Waals surface area contributed by atoms with Gasteiger partial charge in [-0.25, -0.2) is 0 Å². The summed E-state index contributed by atoms with van der Waals surface area (Å²) in [4.78, 5) is 9.86. The van der Waals surface area contributed by atoms with E-state index < -0.39 is 20.7 Å². The van der Waals surface area contributed by atoms with Crippen LogP contribution >= 0.6 is 11.6 Å². The van der Waals surface area contributed by atoms with Crippen molar-refractivity contribution in [3.8, 4) is 5.75 Å². The van der Waals surface area contributed by atoms with Gasteiger partial charge in [-0.05, 0) is 18.6 Å². The summed E-state index contributed by atoms with van der Waals surface area (Å²) in [6, 6.07) is 2.26. The van der Waals surface area contributed by atoms with E-state index in [1.54, 1.807) is 0 Å². The minimum absolute atomic E-state index is 0.0663. The zero-order chi connectivity index (χ0) is 12.5. The number of nitrogens with zero attached hydrogens (tertiary/aromatic N) is 1. The van der Waals surface area contributed by atoms with Crippen LogP contribution in [0.15, 0.2) is 12.1 Å². The first kappa shape index (κ1) is 12.7. The van der Waals surface area contributed by atoms with Crippen molar-refractivity contribution in [1.82, 2.24) is 0 Å². The molecule has 6 nitrogen and oxygen atoms in total. The van der Waals surface area contributed by atoms with Gasteiger partial charge >= 0.3 is 10.1 Å². The molecule has 0 heterocycles. The highest BCUT2D eigenvalue weighted by molar-refractivity contribution is 7.86. The molecule has 0 atom stereocenters. The van der Waals surface area contributed by atoms with E-state index in [1.807, 2.05) is 0 Å². The lowest BCUT2D eigenvalue weighted by Crippen LogP contribution is -2.07. The van der Waals surface area contributed by atoms with Crippen molar-refractivity contribution < 1.29 is 17.5 Å². The quantitative estimate of drug-likeness (QED) is 0.473. The third-order valence-corrected chi connectivity index (χ3v) is 2.47. The Hall–Kier alpha value is -1.34. The molecule has 0 aliphatic rings. The van der Waals surface area contributed by atoms with E-state index in [1.165, 1.54) is 13.0 Å². The van der Waals surface area contributed by atoms with E-state index in [2.05, 4.69) is 4.18 Å². The lowest BCUT2D eigenvalue weighted by molar-refractivity contribution is -0.384. The molecule has 0 spiro atoms. The number of aryl methyl sites for hydroxylation is 1. The van der Waals surface area contributed by atoms with Crippen LogP contribution in [0.5, 0.6) is 5.75 Å². The number of nitro benzene ring substituents is 1. The van der Waals surface area contributed by atoms with Gasteiger partial charge in [-0.2, -0.15) is 8.42 Å². The molecule has 0 bridgehead atoms. The smallest absolute Gasteiger partial charge is 0.306 e. The number of benzene rings is 1. The average molecular weight is 266 g/mol. The Bertz CT molecular complexity index is 540. The summed E-state index contributed by atoms with van der Waals surface area (Å²) in [5.74, 6) is -0.0985. The summed E-state index contributed by atoms with van der Waals surface area (Å²) < 4.78 is 26.4. The average Bonchev–Trinajstić information content (AvgIpc) is 2.07. The van der Waals surface area contributed by atoms with Crippen LogP contribution in [0.1, 0.15) is 5.56 Å². The van der Waals surface area contributed by atoms with Crippen LogP contribution in [0, 0.1) is 17.0 Å². The van der Waals surface area contributed by atoms with Gasteiger partial charge < -0.3 is 4.18 Å². The van der Waals surface area contributed by atoms with Crippen molar-refractivity contribution in [2.24, 2.45) is 0 Å². The van der Waals surface area contributed by atoms with Crippen LogP contribution in [0.2, 0.25) is 5.02 Å². The number of halogens is 1. The zero-order valence-corrected chi connectivity index (χ0v) is 10.0. The fourth-order valence-corrected chi connectivity index (χ4v) is 1.83. The Morgan fingerprint density at radius 2 is 2.00 bits per heavy atom. The lowest BCUT2D eigenvalue weighted by Gasteiger charge is -2.06. The van der Waals surface area contributed by atoms with E-state index in [0.717, 1.165) is 12.3 Å². The van der Waals surface area contributed by atoms with Gasteiger partial charge in [0.25, 0.3) is 5.69 Å². The Balaban J connectivity index is 3.31. The fourth-order valence-electron chi connectivity index (χ4n) is 1.03. The van der Waals surface area contributed by atoms with Crippen LogP contribution in [-0.2, 0) is 10.1 Å². The molecule has 0 aromatic heterocycles. The first-order valence-electron chi connectivity index (χ1n) is 4.04. The molecule has 0 unspecified atom stereocenters. The Kier molecular flexibility index (Phi) is 3.39. The van der Waals surface area contributed by atoms with Crippen LogP contribution < -0.4 is 4.18 Å². The SMILES string of the molecule is Cc1cc(Cl)c([N+](=O)[O-])cc1OS(C)(=O)=O. The van der Waals surface area contributed by atoms with Crippen molar-refractivity contribution in [2.45, 2.75) is 6.92 Å². The molecule has 88 valence electrons. The van der Waals surface area contributed by atoms with Gasteiger partial charge in [0.15, 0.2) is 5.75 Å². The van der Waals surface area contributed by atoms with Crippen molar-refractivity contribution in [3.63, 3.8) is 0 Å². The maximum absolute atomic E-state index is 10.9. The summed E-state index contributed by atoms with van der Waals surface area (Å²) in [7, 11) is -3.72. The first-order chi connectivity index (χ1) is 7.20. The second kappa shape index (κ2) is 4.26. The molecule has 0 fully saturated rings.